The highest BCUT2D eigenvalue weighted by Gasteiger charge is 2.25. The van der Waals surface area contributed by atoms with Crippen LogP contribution in [-0.2, 0) is 0 Å². The predicted octanol–water partition coefficient (Wildman–Crippen LogP) is 4.89. The lowest BCUT2D eigenvalue weighted by Gasteiger charge is -2.14. The van der Waals surface area contributed by atoms with E-state index in [9.17, 15) is 14.9 Å². The van der Waals surface area contributed by atoms with Crippen LogP contribution in [0.4, 0.5) is 11.4 Å². The fourth-order valence-electron chi connectivity index (χ4n) is 3.87. The second kappa shape index (κ2) is 9.60. The third-order valence-electron chi connectivity index (χ3n) is 5.58. The van der Waals surface area contributed by atoms with Gasteiger partial charge < -0.3 is 24.5 Å². The Labute approximate surface area is 201 Å². The number of para-hydroxylation sites is 1. The number of nitrogens with zero attached hydrogens (tertiary/aromatic N) is 2. The topological polar surface area (TPSA) is 119 Å². The summed E-state index contributed by atoms with van der Waals surface area (Å²) in [6, 6.07) is 16.5. The van der Waals surface area contributed by atoms with E-state index in [2.05, 4.69) is 0 Å². The number of anilines is 1. The van der Waals surface area contributed by atoms with E-state index < -0.39 is 4.92 Å². The first-order valence-electron chi connectivity index (χ1n) is 10.5. The van der Waals surface area contributed by atoms with Crippen LogP contribution < -0.4 is 19.9 Å². The first-order valence-corrected chi connectivity index (χ1v) is 10.5. The number of nitro groups is 1. The maximum atomic E-state index is 13.8. The Balaban J connectivity index is 1.94. The number of ether oxygens (including phenoxy) is 3. The van der Waals surface area contributed by atoms with Gasteiger partial charge in [-0.2, -0.15) is 0 Å². The highest BCUT2D eigenvalue weighted by molar-refractivity contribution is 6.14. The van der Waals surface area contributed by atoms with E-state index in [1.807, 2.05) is 0 Å². The van der Waals surface area contributed by atoms with Gasteiger partial charge in [-0.25, -0.2) is 0 Å². The number of aromatic nitrogens is 1. The summed E-state index contributed by atoms with van der Waals surface area (Å²) in [5, 5.41) is 11.8. The van der Waals surface area contributed by atoms with Crippen LogP contribution >= 0.6 is 0 Å². The van der Waals surface area contributed by atoms with Crippen molar-refractivity contribution in [2.24, 2.45) is 0 Å². The van der Waals surface area contributed by atoms with Crippen molar-refractivity contribution < 1.29 is 23.9 Å². The van der Waals surface area contributed by atoms with Gasteiger partial charge in [0.25, 0.3) is 5.69 Å². The largest absolute Gasteiger partial charge is 0.493 e. The van der Waals surface area contributed by atoms with Gasteiger partial charge in [0.15, 0.2) is 17.3 Å². The van der Waals surface area contributed by atoms with E-state index in [-0.39, 0.29) is 22.6 Å². The van der Waals surface area contributed by atoms with Crippen molar-refractivity contribution in [3.8, 4) is 34.1 Å². The number of nitro benzene ring substituents is 1. The van der Waals surface area contributed by atoms with Gasteiger partial charge in [-0.05, 0) is 42.5 Å². The molecule has 9 heteroatoms. The molecule has 0 bridgehead atoms. The molecule has 0 spiro atoms. The lowest BCUT2D eigenvalue weighted by molar-refractivity contribution is -0.384. The van der Waals surface area contributed by atoms with Crippen molar-refractivity contribution in [3.05, 3.63) is 94.3 Å². The number of benzene rings is 3. The number of hydrogen-bond acceptors (Lipinski definition) is 7. The molecule has 0 atom stereocenters. The molecule has 0 aliphatic heterocycles. The van der Waals surface area contributed by atoms with Crippen molar-refractivity contribution in [1.29, 1.82) is 0 Å². The van der Waals surface area contributed by atoms with Gasteiger partial charge in [-0.1, -0.05) is 12.1 Å². The number of nitrogen functional groups attached to an aromatic ring is 1. The Morgan fingerprint density at radius 1 is 0.886 bits per heavy atom. The first kappa shape index (κ1) is 23.4. The Bertz CT molecular complexity index is 1380. The lowest BCUT2D eigenvalue weighted by Crippen LogP contribution is -2.05. The Hall–Kier alpha value is -4.79. The van der Waals surface area contributed by atoms with Crippen molar-refractivity contribution in [2.45, 2.75) is 0 Å². The third kappa shape index (κ3) is 4.39. The van der Waals surface area contributed by atoms with Crippen molar-refractivity contribution >= 4 is 17.2 Å². The zero-order valence-corrected chi connectivity index (χ0v) is 19.3. The molecule has 9 nitrogen and oxygen atoms in total. The molecule has 178 valence electrons. The van der Waals surface area contributed by atoms with Gasteiger partial charge in [0.2, 0.25) is 5.75 Å². The molecule has 4 aromatic rings. The third-order valence-corrected chi connectivity index (χ3v) is 5.58. The summed E-state index contributed by atoms with van der Waals surface area (Å²) in [5.74, 6) is 0.623. The molecule has 4 rings (SSSR count). The zero-order chi connectivity index (χ0) is 25.1. The molecule has 0 aliphatic rings. The SMILES string of the molecule is COc1cc(C(=O)c2cn(-c3ccc(N)cc3)cc2-c2ccccc2[N+](=O)[O-])cc(OC)c1OC. The number of hydrogen-bond donors (Lipinski definition) is 1. The average Bonchev–Trinajstić information content (AvgIpc) is 3.32. The first-order chi connectivity index (χ1) is 16.9. The standard InChI is InChI=1S/C26H23N3O6/c1-33-23-12-16(13-24(34-2)26(23)35-3)25(30)21-15-28(18-10-8-17(27)9-11-18)14-20(21)19-6-4-5-7-22(19)29(31)32/h4-15H,27H2,1-3H3. The quantitative estimate of drug-likeness (QED) is 0.167. The van der Waals surface area contributed by atoms with E-state index in [0.29, 0.717) is 34.1 Å². The minimum absolute atomic E-state index is 0.110. The summed E-state index contributed by atoms with van der Waals surface area (Å²) < 4.78 is 17.9. The number of ketones is 1. The van der Waals surface area contributed by atoms with Crippen LogP contribution in [0.2, 0.25) is 0 Å². The Morgan fingerprint density at radius 2 is 1.51 bits per heavy atom. The van der Waals surface area contributed by atoms with Crippen LogP contribution in [0.5, 0.6) is 17.2 Å². The molecule has 0 amide bonds. The van der Waals surface area contributed by atoms with Crippen LogP contribution in [0.1, 0.15) is 15.9 Å². The summed E-state index contributed by atoms with van der Waals surface area (Å²) in [5.41, 5.74) is 8.31. The van der Waals surface area contributed by atoms with Gasteiger partial charge in [0.1, 0.15) is 0 Å². The minimum atomic E-state index is -0.469. The maximum Gasteiger partial charge on any atom is 0.277 e. The van der Waals surface area contributed by atoms with Crippen LogP contribution in [0.15, 0.2) is 73.1 Å². The fourth-order valence-corrected chi connectivity index (χ4v) is 3.87. The van der Waals surface area contributed by atoms with E-state index in [1.54, 1.807) is 71.6 Å². The Morgan fingerprint density at radius 3 is 2.09 bits per heavy atom. The minimum Gasteiger partial charge on any atom is -0.493 e. The molecule has 0 saturated heterocycles. The zero-order valence-electron chi connectivity index (χ0n) is 19.3. The molecule has 3 aromatic carbocycles. The second-order valence-corrected chi connectivity index (χ2v) is 7.60. The predicted molar refractivity (Wildman–Crippen MR) is 132 cm³/mol. The monoisotopic (exact) mass is 473 g/mol. The number of carbonyl (C=O) groups excluding carboxylic acids is 1. The molecule has 1 heterocycles. The lowest BCUT2D eigenvalue weighted by atomic mass is 9.96. The molecule has 1 aromatic heterocycles. The summed E-state index contributed by atoms with van der Waals surface area (Å²) in [4.78, 5) is 25.1. The number of nitrogens with two attached hydrogens (primary N) is 1. The average molecular weight is 473 g/mol. The van der Waals surface area contributed by atoms with Gasteiger partial charge in [0.05, 0.1) is 31.8 Å². The van der Waals surface area contributed by atoms with E-state index in [1.165, 1.54) is 27.4 Å². The highest BCUT2D eigenvalue weighted by atomic mass is 16.6. The summed E-state index contributed by atoms with van der Waals surface area (Å²) >= 11 is 0. The fraction of sp³-hybridized carbons (Fsp3) is 0.115. The van der Waals surface area contributed by atoms with Crippen LogP contribution in [0, 0.1) is 10.1 Å². The van der Waals surface area contributed by atoms with E-state index >= 15 is 0 Å². The summed E-state index contributed by atoms with van der Waals surface area (Å²) in [6.45, 7) is 0. The molecule has 35 heavy (non-hydrogen) atoms. The number of methoxy groups -OCH3 is 3. The molecular weight excluding hydrogens is 450 g/mol. The normalized spacial score (nSPS) is 10.6. The van der Waals surface area contributed by atoms with Crippen molar-refractivity contribution in [2.75, 3.05) is 27.1 Å². The molecule has 0 radical (unpaired) electrons. The van der Waals surface area contributed by atoms with Crippen LogP contribution in [-0.4, -0.2) is 36.6 Å². The van der Waals surface area contributed by atoms with Crippen LogP contribution in [0.25, 0.3) is 16.8 Å². The van der Waals surface area contributed by atoms with Gasteiger partial charge in [-0.15, -0.1) is 0 Å². The van der Waals surface area contributed by atoms with Crippen molar-refractivity contribution in [3.63, 3.8) is 0 Å². The second-order valence-electron chi connectivity index (χ2n) is 7.60. The van der Waals surface area contributed by atoms with Crippen LogP contribution in [0.3, 0.4) is 0 Å². The smallest absolute Gasteiger partial charge is 0.277 e. The number of rotatable bonds is 8. The maximum absolute atomic E-state index is 13.8. The molecule has 0 unspecified atom stereocenters. The molecular formula is C26H23N3O6. The van der Waals surface area contributed by atoms with E-state index in [4.69, 9.17) is 19.9 Å². The molecule has 0 aliphatic carbocycles. The van der Waals surface area contributed by atoms with Gasteiger partial charge >= 0.3 is 0 Å². The molecule has 2 N–H and O–H groups in total. The molecule has 0 saturated carbocycles. The van der Waals surface area contributed by atoms with Gasteiger partial charge in [-0.3, -0.25) is 14.9 Å². The number of carbonyl (C=O) groups is 1. The molecule has 0 fully saturated rings. The van der Waals surface area contributed by atoms with Crippen molar-refractivity contribution in [1.82, 2.24) is 4.57 Å². The van der Waals surface area contributed by atoms with E-state index in [0.717, 1.165) is 5.69 Å². The highest BCUT2D eigenvalue weighted by Crippen LogP contribution is 2.40. The Kier molecular flexibility index (Phi) is 6.41. The van der Waals surface area contributed by atoms with Gasteiger partial charge in [0, 0.05) is 46.5 Å². The summed E-state index contributed by atoms with van der Waals surface area (Å²) in [6.07, 6.45) is 3.34. The summed E-state index contributed by atoms with van der Waals surface area (Å²) in [7, 11) is 4.39.